The molecule has 0 bridgehead atoms. The first-order valence-electron chi connectivity index (χ1n) is 29.1. The summed E-state index contributed by atoms with van der Waals surface area (Å²) in [6, 6.07) is 16.8. The normalized spacial score (nSPS) is 15.9. The molecule has 3 atom stereocenters. The number of hydrogen-bond acceptors (Lipinski definition) is 16. The van der Waals surface area contributed by atoms with Crippen molar-refractivity contribution in [2.24, 2.45) is 23.7 Å². The lowest BCUT2D eigenvalue weighted by Gasteiger charge is -2.39. The van der Waals surface area contributed by atoms with Crippen molar-refractivity contribution >= 4 is 76.3 Å². The number of likely N-dealkylation sites (tertiary alicyclic amines) is 1. The molecule has 4 heterocycles. The highest BCUT2D eigenvalue weighted by atomic mass is 32.2. The maximum Gasteiger partial charge on any atom is 0.417 e. The predicted octanol–water partition coefficient (Wildman–Crippen LogP) is 10.3. The largest absolute Gasteiger partial charge is 0.468 e. The molecule has 7 rings (SSSR count). The number of hydrogen-bond donors (Lipinski definition) is 1. The van der Waals surface area contributed by atoms with E-state index in [-0.39, 0.29) is 46.6 Å². The molecule has 19 nitrogen and oxygen atoms in total. The van der Waals surface area contributed by atoms with Gasteiger partial charge in [-0.1, -0.05) is 77.9 Å². The summed E-state index contributed by atoms with van der Waals surface area (Å²) in [5, 5.41) is 9.94. The molecule has 3 amide bonds. The highest BCUT2D eigenvalue weighted by molar-refractivity contribution is 7.92. The van der Waals surface area contributed by atoms with Gasteiger partial charge in [0.15, 0.2) is 5.78 Å². The van der Waals surface area contributed by atoms with Crippen LogP contribution in [-0.4, -0.2) is 135 Å². The van der Waals surface area contributed by atoms with Gasteiger partial charge >= 0.3 is 31.1 Å². The number of sulfonamides is 1. The second-order valence-corrected chi connectivity index (χ2v) is 25.2. The number of carbonyl (C=O) groups excluding carboxylic acids is 8. The zero-order chi connectivity index (χ0) is 66.1. The number of fused-ring (bicyclic) bond motifs is 1. The van der Waals surface area contributed by atoms with Gasteiger partial charge in [0, 0.05) is 60.9 Å². The van der Waals surface area contributed by atoms with Crippen LogP contribution in [-0.2, 0) is 64.2 Å². The third kappa shape index (κ3) is 19.6. The number of amides is 3. The first kappa shape index (κ1) is 72.7. The number of anilines is 1. The molecule has 24 heteroatoms. The summed E-state index contributed by atoms with van der Waals surface area (Å²) in [4.78, 5) is 105. The predicted molar refractivity (Wildman–Crippen MR) is 326 cm³/mol. The molecule has 478 valence electrons. The third-order valence-corrected chi connectivity index (χ3v) is 15.6. The van der Waals surface area contributed by atoms with Crippen molar-refractivity contribution < 1.29 is 83.9 Å². The van der Waals surface area contributed by atoms with Crippen LogP contribution in [0.25, 0.3) is 17.2 Å². The molecular formula is C64H82BF3N4O15S. The van der Waals surface area contributed by atoms with Crippen molar-refractivity contribution in [1.82, 2.24) is 14.7 Å². The van der Waals surface area contributed by atoms with Gasteiger partial charge in [-0.2, -0.15) is 0 Å². The summed E-state index contributed by atoms with van der Waals surface area (Å²) < 4.78 is 85.3. The van der Waals surface area contributed by atoms with Crippen LogP contribution in [0.2, 0.25) is 6.82 Å². The molecule has 0 saturated carbocycles. The number of imide groups is 1. The molecule has 0 aliphatic carbocycles. The fourth-order valence-electron chi connectivity index (χ4n) is 10.2. The molecular weight excluding hydrogens is 1160 g/mol. The first-order chi connectivity index (χ1) is 41.2. The van der Waals surface area contributed by atoms with Crippen LogP contribution in [0.5, 0.6) is 0 Å². The maximum absolute atomic E-state index is 13.5. The van der Waals surface area contributed by atoms with E-state index < -0.39 is 82.0 Å². The molecule has 3 aliphatic heterocycles. The van der Waals surface area contributed by atoms with Crippen molar-refractivity contribution in [3.8, 4) is 11.1 Å². The number of aromatic nitrogens is 1. The summed E-state index contributed by atoms with van der Waals surface area (Å²) >= 11 is 0. The summed E-state index contributed by atoms with van der Waals surface area (Å²) in [7, 11) is -0.787. The topological polar surface area (TPSA) is 250 Å². The minimum absolute atomic E-state index is 0.0286. The van der Waals surface area contributed by atoms with Gasteiger partial charge in [0.1, 0.15) is 46.1 Å². The number of carbonyl (C=O) groups is 8. The lowest BCUT2D eigenvalue weighted by atomic mass is 9.68. The second-order valence-electron chi connectivity index (χ2n) is 23.3. The number of esters is 3. The van der Waals surface area contributed by atoms with Gasteiger partial charge in [-0.15, -0.1) is 0 Å². The average molecular weight is 1250 g/mol. The number of ketones is 2. The standard InChI is InChI=1S/C20H27BFNO5.C20H23FN2O4S.C14H15FO3.C10H17NO3/c1-12(2)18(24)17(20(26)28-4)16(13-7-9-14(22)10-8-13)15-6-5-11-23(19(15)25)21(3)27;1-12(2)18-17(20(24)27-3)16(13-7-9-14(21)10-8-13)15-6-5-11-23(19(15)22-18)28(4,25)26;1-9(2)13(16)12(14(17)18-3)8-10-4-6-11(15)7-5-10;1-10(2,3)14-9(13)11-7-5-4-6-8(11)12/h7-10,12,15-17,27H,5-6,11H2,1-4H3;7-10,12H,5-6,11H2,1-4H3;4-9H,1-3H3;4-7H2,1-3H3/b;;12-8-;. The van der Waals surface area contributed by atoms with Gasteiger partial charge in [-0.3, -0.25) is 28.3 Å². The Morgan fingerprint density at radius 2 is 1.31 bits per heavy atom. The number of halogens is 3. The first-order valence-corrected chi connectivity index (χ1v) is 30.9. The fraction of sp³-hybridized carbons (Fsp3) is 0.484. The zero-order valence-corrected chi connectivity index (χ0v) is 53.4. The Morgan fingerprint density at radius 3 is 1.78 bits per heavy atom. The number of methoxy groups -OCH3 is 3. The molecule has 88 heavy (non-hydrogen) atoms. The smallest absolute Gasteiger partial charge is 0.417 e. The van der Waals surface area contributed by atoms with Crippen molar-refractivity contribution in [1.29, 1.82) is 0 Å². The summed E-state index contributed by atoms with van der Waals surface area (Å²) in [6.07, 6.45) is 6.50. The van der Waals surface area contributed by atoms with Gasteiger partial charge < -0.3 is 28.8 Å². The van der Waals surface area contributed by atoms with E-state index in [0.29, 0.717) is 96.6 Å². The van der Waals surface area contributed by atoms with Crippen molar-refractivity contribution in [2.45, 2.75) is 132 Å². The van der Waals surface area contributed by atoms with E-state index in [1.54, 1.807) is 60.6 Å². The summed E-state index contributed by atoms with van der Waals surface area (Å²) in [5.41, 5.74) is 3.15. The van der Waals surface area contributed by atoms with Crippen LogP contribution in [0.1, 0.15) is 145 Å². The van der Waals surface area contributed by atoms with Gasteiger partial charge in [0.05, 0.1) is 38.8 Å². The van der Waals surface area contributed by atoms with Crippen LogP contribution in [0.3, 0.4) is 0 Å². The van der Waals surface area contributed by atoms with Gasteiger partial charge in [0.2, 0.25) is 21.8 Å². The van der Waals surface area contributed by atoms with E-state index in [2.05, 4.69) is 9.72 Å². The maximum atomic E-state index is 13.5. The number of piperidine rings is 2. The minimum Gasteiger partial charge on any atom is -0.468 e. The number of benzene rings is 3. The van der Waals surface area contributed by atoms with Crippen LogP contribution in [0, 0.1) is 41.1 Å². The number of rotatable bonds is 15. The van der Waals surface area contributed by atoms with Gasteiger partial charge in [-0.05, 0) is 131 Å². The Hall–Kier alpha value is -7.73. The van der Waals surface area contributed by atoms with Crippen molar-refractivity contribution in [3.05, 3.63) is 124 Å². The Morgan fingerprint density at radius 1 is 0.739 bits per heavy atom. The summed E-state index contributed by atoms with van der Waals surface area (Å²) in [5.74, 6) is -7.47. The molecule has 1 N–H and O–H groups in total. The Balaban J connectivity index is 0.000000260. The monoisotopic (exact) mass is 1250 g/mol. The Bertz CT molecular complexity index is 3280. The zero-order valence-electron chi connectivity index (χ0n) is 52.6. The Labute approximate surface area is 514 Å². The highest BCUT2D eigenvalue weighted by Crippen LogP contribution is 2.43. The quantitative estimate of drug-likeness (QED) is 0.0290. The second kappa shape index (κ2) is 32.5. The number of nitrogens with zero attached hydrogens (tertiary/aromatic N) is 4. The van der Waals surface area contributed by atoms with Crippen molar-refractivity contribution in [2.75, 3.05) is 51.5 Å². The molecule has 4 aromatic rings. The SMILES string of the molecule is CC(C)(C)OC(=O)N1CCCCC1=O.COC(=O)/C(=C\c1ccc(F)cc1)C(=O)C(C)C.COC(=O)C(C(=O)C(C)C)C(c1ccc(F)cc1)C1CCCN(B(C)O)C1=O.COC(=O)c1c(C(C)C)nc2c(c1-c1ccc(F)cc1)CCCN2S(C)(=O)=O. The lowest BCUT2D eigenvalue weighted by Crippen LogP contribution is -2.52. The molecule has 2 fully saturated rings. The van der Waals surface area contributed by atoms with E-state index >= 15 is 0 Å². The molecule has 0 spiro atoms. The highest BCUT2D eigenvalue weighted by Gasteiger charge is 2.47. The average Bonchev–Trinajstić information content (AvgIpc) is 2.24. The molecule has 3 unspecified atom stereocenters. The van der Waals surface area contributed by atoms with Crippen LogP contribution < -0.4 is 4.31 Å². The number of Topliss-reactive ketones (excluding diaryl/α,β-unsaturated/α-hetero) is 2. The Kier molecular flexibility index (Phi) is 26.9. The molecule has 2 saturated heterocycles. The minimum atomic E-state index is -3.53. The third-order valence-electron chi connectivity index (χ3n) is 14.5. The van der Waals surface area contributed by atoms with Crippen molar-refractivity contribution in [3.63, 3.8) is 0 Å². The number of ether oxygens (including phenoxy) is 4. The number of pyridine rings is 1. The molecule has 3 aromatic carbocycles. The van der Waals surface area contributed by atoms with E-state index in [0.717, 1.165) is 19.1 Å². The van der Waals surface area contributed by atoms with E-state index in [4.69, 9.17) is 14.2 Å². The summed E-state index contributed by atoms with van der Waals surface area (Å²) in [6.45, 7) is 18.6. The van der Waals surface area contributed by atoms with Gasteiger partial charge in [0.25, 0.3) is 0 Å². The van der Waals surface area contributed by atoms with E-state index in [1.807, 2.05) is 13.8 Å². The molecule has 3 aliphatic rings. The lowest BCUT2D eigenvalue weighted by molar-refractivity contribution is -0.153. The van der Waals surface area contributed by atoms with E-state index in [1.165, 1.54) is 109 Å². The molecule has 0 radical (unpaired) electrons. The molecule has 1 aromatic heterocycles. The fourth-order valence-corrected chi connectivity index (χ4v) is 11.1. The van der Waals surface area contributed by atoms with Gasteiger partial charge in [-0.25, -0.2) is 45.9 Å². The van der Waals surface area contributed by atoms with Crippen LogP contribution in [0.15, 0.2) is 78.4 Å². The van der Waals surface area contributed by atoms with Crippen LogP contribution in [0.4, 0.5) is 23.8 Å². The van der Waals surface area contributed by atoms with E-state index in [9.17, 15) is 65.0 Å². The van der Waals surface area contributed by atoms with Crippen LogP contribution >= 0.6 is 0 Å².